The Hall–Kier alpha value is -2.12. The Labute approximate surface area is 192 Å². The summed E-state index contributed by atoms with van der Waals surface area (Å²) in [6, 6.07) is 0. The minimum atomic E-state index is -0.0903. The van der Waals surface area contributed by atoms with Gasteiger partial charge in [-0.1, -0.05) is 20.8 Å². The molecule has 0 aromatic heterocycles. The van der Waals surface area contributed by atoms with Gasteiger partial charge in [0.1, 0.15) is 0 Å². The molecule has 0 aromatic rings. The highest BCUT2D eigenvalue weighted by Gasteiger charge is 2.17. The zero-order valence-corrected chi connectivity index (χ0v) is 20.6. The van der Waals surface area contributed by atoms with Crippen molar-refractivity contribution >= 4 is 23.9 Å². The minimum absolute atomic E-state index is 0.0382. The fourth-order valence-electron chi connectivity index (χ4n) is 2.85. The minimum Gasteiger partial charge on any atom is -0.466 e. The monoisotopic (exact) mass is 458 g/mol. The highest BCUT2D eigenvalue weighted by atomic mass is 16.6. The van der Waals surface area contributed by atoms with Crippen molar-refractivity contribution in [2.45, 2.75) is 105 Å². The second kappa shape index (κ2) is 17.4. The third-order valence-corrected chi connectivity index (χ3v) is 4.66. The van der Waals surface area contributed by atoms with Crippen LogP contribution in [-0.4, -0.2) is 49.3 Å². The quantitative estimate of drug-likeness (QED) is 0.453. The van der Waals surface area contributed by atoms with Crippen molar-refractivity contribution in [1.82, 2.24) is 0 Å². The molecule has 3 heterocycles. The van der Waals surface area contributed by atoms with Gasteiger partial charge >= 0.3 is 23.9 Å². The molecule has 0 aromatic carbocycles. The van der Waals surface area contributed by atoms with Crippen LogP contribution in [-0.2, 0) is 38.1 Å². The number of carbonyl (C=O) groups excluding carboxylic acids is 4. The molecule has 0 N–H and O–H groups in total. The Kier molecular flexibility index (Phi) is 16.3. The van der Waals surface area contributed by atoms with Crippen LogP contribution in [0.2, 0.25) is 0 Å². The van der Waals surface area contributed by atoms with E-state index < -0.39 is 0 Å². The Bertz CT molecular complexity index is 562. The Morgan fingerprint density at radius 1 is 0.906 bits per heavy atom. The molecule has 3 aliphatic heterocycles. The first-order valence-electron chi connectivity index (χ1n) is 11.7. The topological polar surface area (TPSA) is 105 Å². The van der Waals surface area contributed by atoms with Crippen LogP contribution < -0.4 is 0 Å². The molecule has 0 spiro atoms. The summed E-state index contributed by atoms with van der Waals surface area (Å²) >= 11 is 0. The van der Waals surface area contributed by atoms with Gasteiger partial charge in [0.05, 0.1) is 25.4 Å². The van der Waals surface area contributed by atoms with Crippen molar-refractivity contribution < 1.29 is 38.1 Å². The lowest BCUT2D eigenvalue weighted by Gasteiger charge is -2.17. The zero-order valence-electron chi connectivity index (χ0n) is 20.6. The van der Waals surface area contributed by atoms with Crippen molar-refractivity contribution in [2.24, 2.45) is 11.8 Å². The van der Waals surface area contributed by atoms with E-state index in [9.17, 15) is 19.2 Å². The predicted octanol–water partition coefficient (Wildman–Crippen LogP) is 4.37. The molecule has 0 radical (unpaired) electrons. The van der Waals surface area contributed by atoms with Crippen molar-refractivity contribution in [3.63, 3.8) is 0 Å². The van der Waals surface area contributed by atoms with Crippen LogP contribution in [0.25, 0.3) is 0 Å². The average Bonchev–Trinajstić information content (AvgIpc) is 3.08. The van der Waals surface area contributed by atoms with Gasteiger partial charge in [-0.3, -0.25) is 19.2 Å². The van der Waals surface area contributed by atoms with Crippen LogP contribution >= 0.6 is 0 Å². The van der Waals surface area contributed by atoms with Gasteiger partial charge in [0.25, 0.3) is 0 Å². The van der Waals surface area contributed by atoms with Crippen LogP contribution in [0.1, 0.15) is 92.9 Å². The molecule has 0 bridgehead atoms. The van der Waals surface area contributed by atoms with E-state index in [1.54, 1.807) is 0 Å². The van der Waals surface area contributed by atoms with Gasteiger partial charge in [-0.2, -0.15) is 0 Å². The fourth-order valence-corrected chi connectivity index (χ4v) is 2.85. The Balaban J connectivity index is 0.000000401. The van der Waals surface area contributed by atoms with E-state index in [0.717, 1.165) is 25.7 Å². The number of carbonyl (C=O) groups is 4. The molecule has 0 saturated carbocycles. The number of esters is 4. The Morgan fingerprint density at radius 2 is 1.47 bits per heavy atom. The molecule has 0 aliphatic carbocycles. The number of hydrogen-bond donors (Lipinski definition) is 0. The summed E-state index contributed by atoms with van der Waals surface area (Å²) < 4.78 is 19.0. The van der Waals surface area contributed by atoms with Gasteiger partial charge in [0.15, 0.2) is 0 Å². The number of rotatable bonds is 3. The maximum atomic E-state index is 10.6. The molecular formula is C24H42O8. The van der Waals surface area contributed by atoms with Gasteiger partial charge in [0.2, 0.25) is 0 Å². The van der Waals surface area contributed by atoms with Crippen LogP contribution in [0.3, 0.4) is 0 Å². The van der Waals surface area contributed by atoms with Crippen LogP contribution in [0, 0.1) is 11.8 Å². The molecule has 8 heteroatoms. The lowest BCUT2D eigenvalue weighted by molar-refractivity contribution is -0.152. The van der Waals surface area contributed by atoms with Gasteiger partial charge < -0.3 is 18.9 Å². The molecule has 3 fully saturated rings. The second-order valence-corrected chi connectivity index (χ2v) is 8.76. The lowest BCUT2D eigenvalue weighted by atomic mass is 10.1. The van der Waals surface area contributed by atoms with Crippen LogP contribution in [0.5, 0.6) is 0 Å². The largest absolute Gasteiger partial charge is 0.466 e. The molecule has 32 heavy (non-hydrogen) atoms. The van der Waals surface area contributed by atoms with Gasteiger partial charge in [-0.05, 0) is 58.3 Å². The summed E-state index contributed by atoms with van der Waals surface area (Å²) in [5, 5.41) is 0. The Morgan fingerprint density at radius 3 is 1.78 bits per heavy atom. The summed E-state index contributed by atoms with van der Waals surface area (Å²) in [5.41, 5.74) is 0. The first-order chi connectivity index (χ1) is 15.0. The summed E-state index contributed by atoms with van der Waals surface area (Å²) in [4.78, 5) is 41.7. The van der Waals surface area contributed by atoms with E-state index in [0.29, 0.717) is 50.7 Å². The first-order valence-corrected chi connectivity index (χ1v) is 11.7. The number of cyclic esters (lactones) is 3. The van der Waals surface area contributed by atoms with Gasteiger partial charge in [0, 0.05) is 25.7 Å². The third-order valence-electron chi connectivity index (χ3n) is 4.66. The van der Waals surface area contributed by atoms with Gasteiger partial charge in [-0.25, -0.2) is 0 Å². The first kappa shape index (κ1) is 29.9. The van der Waals surface area contributed by atoms with Crippen molar-refractivity contribution in [2.75, 3.05) is 13.2 Å². The third kappa shape index (κ3) is 17.5. The van der Waals surface area contributed by atoms with Crippen LogP contribution in [0.4, 0.5) is 0 Å². The van der Waals surface area contributed by atoms with E-state index >= 15 is 0 Å². The summed E-state index contributed by atoms with van der Waals surface area (Å²) in [7, 11) is 0. The van der Waals surface area contributed by atoms with Crippen molar-refractivity contribution in [1.29, 1.82) is 0 Å². The molecule has 186 valence electrons. The van der Waals surface area contributed by atoms with Gasteiger partial charge in [-0.15, -0.1) is 0 Å². The smallest absolute Gasteiger partial charge is 0.306 e. The lowest BCUT2D eigenvalue weighted by Crippen LogP contribution is -2.19. The maximum Gasteiger partial charge on any atom is 0.306 e. The van der Waals surface area contributed by atoms with Crippen molar-refractivity contribution in [3.8, 4) is 0 Å². The van der Waals surface area contributed by atoms with E-state index in [4.69, 9.17) is 18.9 Å². The summed E-state index contributed by atoms with van der Waals surface area (Å²) in [5.74, 6) is 0.767. The van der Waals surface area contributed by atoms with E-state index in [1.807, 2.05) is 34.6 Å². The molecule has 3 unspecified atom stereocenters. The zero-order chi connectivity index (χ0) is 24.5. The standard InChI is InChI=1S/C7H14O2.2C6H10O2.C5H8O2/c1-4-9-7(8)5-6(2)3;1-5-2-3-6(7)8-4-5;1-5-3-2-4-6(7)8-5;1-4-2-3-5(6)7-4/h6H,4-5H2,1-3H3;2*5H,2-4H2,1H3;4H,2-3H2,1H3. The van der Waals surface area contributed by atoms with Crippen molar-refractivity contribution in [3.05, 3.63) is 0 Å². The molecule has 0 amide bonds. The highest BCUT2D eigenvalue weighted by molar-refractivity contribution is 5.71. The molecular weight excluding hydrogens is 416 g/mol. The van der Waals surface area contributed by atoms with E-state index in [-0.39, 0.29) is 36.1 Å². The van der Waals surface area contributed by atoms with E-state index in [2.05, 4.69) is 6.92 Å². The number of ether oxygens (including phenoxy) is 4. The number of hydrogen-bond acceptors (Lipinski definition) is 8. The molecule has 3 aliphatic rings. The molecule has 8 nitrogen and oxygen atoms in total. The van der Waals surface area contributed by atoms with Crippen LogP contribution in [0.15, 0.2) is 0 Å². The van der Waals surface area contributed by atoms with E-state index in [1.165, 1.54) is 0 Å². The molecule has 3 atom stereocenters. The SMILES string of the molecule is CC1CCC(=O)O1.CC1CCC(=O)OC1.CC1CCCC(=O)O1.CCOC(=O)CC(C)C. The highest BCUT2D eigenvalue weighted by Crippen LogP contribution is 2.13. The normalized spacial score (nSPS) is 24.2. The molecule has 3 rings (SSSR count). The fraction of sp³-hybridized carbons (Fsp3) is 0.833. The summed E-state index contributed by atoms with van der Waals surface area (Å²) in [6.45, 7) is 12.9. The molecule has 3 saturated heterocycles. The predicted molar refractivity (Wildman–Crippen MR) is 120 cm³/mol. The summed E-state index contributed by atoms with van der Waals surface area (Å²) in [6.07, 6.45) is 6.65. The maximum absolute atomic E-state index is 10.6. The second-order valence-electron chi connectivity index (χ2n) is 8.76. The average molecular weight is 459 g/mol.